The number of esters is 3. The molecule has 0 N–H and O–H groups in total. The molecular weight excluding hydrogens is 300 g/mol. The minimum Gasteiger partial charge on any atom is -0.463 e. The SMILES string of the molecule is CCCC(OC(=O)c1ccccc1)(C(=O)OCC)C(=O)OCC. The molecule has 23 heavy (non-hydrogen) atoms. The molecule has 0 aromatic heterocycles. The average molecular weight is 322 g/mol. The van der Waals surface area contributed by atoms with Crippen LogP contribution in [0.25, 0.3) is 0 Å². The van der Waals surface area contributed by atoms with Crippen LogP contribution < -0.4 is 0 Å². The maximum atomic E-state index is 12.3. The monoisotopic (exact) mass is 322 g/mol. The van der Waals surface area contributed by atoms with Crippen molar-refractivity contribution in [2.45, 2.75) is 39.2 Å². The van der Waals surface area contributed by atoms with Crippen LogP contribution in [-0.2, 0) is 23.8 Å². The lowest BCUT2D eigenvalue weighted by Crippen LogP contribution is -2.52. The van der Waals surface area contributed by atoms with Crippen LogP contribution in [0.3, 0.4) is 0 Å². The van der Waals surface area contributed by atoms with E-state index in [4.69, 9.17) is 14.2 Å². The zero-order valence-corrected chi connectivity index (χ0v) is 13.7. The first kappa shape index (κ1) is 18.7. The van der Waals surface area contributed by atoms with Crippen molar-refractivity contribution in [1.82, 2.24) is 0 Å². The second-order valence-electron chi connectivity index (χ2n) is 4.77. The first-order valence-electron chi connectivity index (χ1n) is 7.64. The molecule has 1 aromatic rings. The second-order valence-corrected chi connectivity index (χ2v) is 4.77. The van der Waals surface area contributed by atoms with Crippen LogP contribution in [0.5, 0.6) is 0 Å². The zero-order valence-electron chi connectivity index (χ0n) is 13.7. The lowest BCUT2D eigenvalue weighted by molar-refractivity contribution is -0.184. The summed E-state index contributed by atoms with van der Waals surface area (Å²) in [5, 5.41) is 0. The highest BCUT2D eigenvalue weighted by Gasteiger charge is 2.52. The molecule has 0 heterocycles. The van der Waals surface area contributed by atoms with Gasteiger partial charge in [-0.1, -0.05) is 31.5 Å². The molecule has 0 saturated heterocycles. The fourth-order valence-corrected chi connectivity index (χ4v) is 2.06. The van der Waals surface area contributed by atoms with Gasteiger partial charge in [0.05, 0.1) is 18.8 Å². The van der Waals surface area contributed by atoms with Gasteiger partial charge in [-0.3, -0.25) is 0 Å². The third kappa shape index (κ3) is 4.55. The Hall–Kier alpha value is -2.37. The van der Waals surface area contributed by atoms with E-state index in [0.29, 0.717) is 6.42 Å². The highest BCUT2D eigenvalue weighted by molar-refractivity contribution is 6.06. The highest BCUT2D eigenvalue weighted by atomic mass is 16.6. The first-order valence-corrected chi connectivity index (χ1v) is 7.64. The lowest BCUT2D eigenvalue weighted by atomic mass is 9.97. The number of carbonyl (C=O) groups is 3. The maximum Gasteiger partial charge on any atom is 0.362 e. The molecule has 0 saturated carbocycles. The van der Waals surface area contributed by atoms with Crippen LogP contribution in [-0.4, -0.2) is 36.7 Å². The number of hydrogen-bond donors (Lipinski definition) is 0. The normalized spacial score (nSPS) is 10.7. The minimum atomic E-state index is -2.08. The van der Waals surface area contributed by atoms with E-state index in [0.717, 1.165) is 0 Å². The fourth-order valence-electron chi connectivity index (χ4n) is 2.06. The summed E-state index contributed by atoms with van der Waals surface area (Å²) in [4.78, 5) is 37.0. The van der Waals surface area contributed by atoms with Crippen molar-refractivity contribution < 1.29 is 28.6 Å². The van der Waals surface area contributed by atoms with Gasteiger partial charge >= 0.3 is 23.5 Å². The van der Waals surface area contributed by atoms with Gasteiger partial charge < -0.3 is 14.2 Å². The Balaban J connectivity index is 3.17. The molecule has 0 aliphatic carbocycles. The number of hydrogen-bond acceptors (Lipinski definition) is 6. The molecule has 0 amide bonds. The summed E-state index contributed by atoms with van der Waals surface area (Å²) >= 11 is 0. The summed E-state index contributed by atoms with van der Waals surface area (Å²) in [5.41, 5.74) is -1.84. The second kappa shape index (κ2) is 8.92. The Morgan fingerprint density at radius 3 is 1.87 bits per heavy atom. The molecule has 0 unspecified atom stereocenters. The van der Waals surface area contributed by atoms with E-state index in [-0.39, 0.29) is 25.2 Å². The van der Waals surface area contributed by atoms with E-state index in [1.165, 1.54) is 12.1 Å². The van der Waals surface area contributed by atoms with Crippen LogP contribution in [0.15, 0.2) is 30.3 Å². The van der Waals surface area contributed by atoms with Gasteiger partial charge in [-0.25, -0.2) is 14.4 Å². The van der Waals surface area contributed by atoms with Crippen LogP contribution >= 0.6 is 0 Å². The van der Waals surface area contributed by atoms with E-state index < -0.39 is 23.5 Å². The van der Waals surface area contributed by atoms with Gasteiger partial charge in [0.1, 0.15) is 0 Å². The van der Waals surface area contributed by atoms with Gasteiger partial charge in [-0.15, -0.1) is 0 Å². The number of carbonyl (C=O) groups excluding carboxylic acids is 3. The Labute approximate surface area is 135 Å². The highest BCUT2D eigenvalue weighted by Crippen LogP contribution is 2.25. The molecule has 0 aliphatic rings. The predicted octanol–water partition coefficient (Wildman–Crippen LogP) is 2.51. The van der Waals surface area contributed by atoms with E-state index >= 15 is 0 Å². The Kier molecular flexibility index (Phi) is 7.25. The summed E-state index contributed by atoms with van der Waals surface area (Å²) in [6.45, 7) is 5.11. The molecule has 126 valence electrons. The summed E-state index contributed by atoms with van der Waals surface area (Å²) in [5.74, 6) is -2.60. The molecule has 0 fully saturated rings. The van der Waals surface area contributed by atoms with Crippen molar-refractivity contribution in [3.8, 4) is 0 Å². The minimum absolute atomic E-state index is 0.0107. The van der Waals surface area contributed by atoms with Crippen LogP contribution in [0.1, 0.15) is 44.0 Å². The Morgan fingerprint density at radius 1 is 0.913 bits per heavy atom. The lowest BCUT2D eigenvalue weighted by Gasteiger charge is -2.28. The van der Waals surface area contributed by atoms with Crippen molar-refractivity contribution in [2.24, 2.45) is 0 Å². The standard InChI is InChI=1S/C17H22O6/c1-4-12-17(15(19)21-5-2,16(20)22-6-3)23-14(18)13-10-8-7-9-11-13/h7-11H,4-6,12H2,1-3H3. The molecule has 0 radical (unpaired) electrons. The molecule has 0 bridgehead atoms. The van der Waals surface area contributed by atoms with Crippen molar-refractivity contribution in [1.29, 1.82) is 0 Å². The van der Waals surface area contributed by atoms with Gasteiger partial charge in [-0.05, 0) is 26.0 Å². The van der Waals surface area contributed by atoms with E-state index in [9.17, 15) is 14.4 Å². The number of benzene rings is 1. The smallest absolute Gasteiger partial charge is 0.362 e. The van der Waals surface area contributed by atoms with Gasteiger partial charge in [0.15, 0.2) is 0 Å². The molecule has 0 spiro atoms. The van der Waals surface area contributed by atoms with Gasteiger partial charge in [0, 0.05) is 6.42 Å². The quantitative estimate of drug-likeness (QED) is 0.416. The fraction of sp³-hybridized carbons (Fsp3) is 0.471. The molecule has 1 rings (SSSR count). The molecule has 0 atom stereocenters. The molecule has 6 heteroatoms. The Bertz CT molecular complexity index is 519. The Morgan fingerprint density at radius 2 is 1.43 bits per heavy atom. The van der Waals surface area contributed by atoms with Gasteiger partial charge in [0.2, 0.25) is 0 Å². The van der Waals surface area contributed by atoms with Crippen LogP contribution in [0, 0.1) is 0 Å². The van der Waals surface area contributed by atoms with E-state index in [1.54, 1.807) is 39.0 Å². The van der Waals surface area contributed by atoms with Crippen LogP contribution in [0.4, 0.5) is 0 Å². The predicted molar refractivity (Wildman–Crippen MR) is 82.8 cm³/mol. The topological polar surface area (TPSA) is 78.9 Å². The first-order chi connectivity index (χ1) is 11.0. The van der Waals surface area contributed by atoms with Crippen molar-refractivity contribution in [3.63, 3.8) is 0 Å². The average Bonchev–Trinajstić information content (AvgIpc) is 2.55. The maximum absolute atomic E-state index is 12.3. The largest absolute Gasteiger partial charge is 0.463 e. The molecule has 1 aromatic carbocycles. The van der Waals surface area contributed by atoms with Crippen molar-refractivity contribution in [2.75, 3.05) is 13.2 Å². The molecule has 6 nitrogen and oxygen atoms in total. The molecule has 0 aliphatic heterocycles. The third-order valence-corrected chi connectivity index (χ3v) is 3.09. The van der Waals surface area contributed by atoms with Crippen LogP contribution in [0.2, 0.25) is 0 Å². The summed E-state index contributed by atoms with van der Waals surface area (Å²) in [6, 6.07) is 8.14. The number of ether oxygens (including phenoxy) is 3. The van der Waals surface area contributed by atoms with Crippen molar-refractivity contribution >= 4 is 17.9 Å². The van der Waals surface area contributed by atoms with E-state index in [1.807, 2.05) is 0 Å². The third-order valence-electron chi connectivity index (χ3n) is 3.09. The van der Waals surface area contributed by atoms with Gasteiger partial charge in [-0.2, -0.15) is 0 Å². The van der Waals surface area contributed by atoms with Crippen molar-refractivity contribution in [3.05, 3.63) is 35.9 Å². The summed E-state index contributed by atoms with van der Waals surface area (Å²) in [7, 11) is 0. The van der Waals surface area contributed by atoms with E-state index in [2.05, 4.69) is 0 Å². The van der Waals surface area contributed by atoms with Gasteiger partial charge in [0.25, 0.3) is 0 Å². The summed E-state index contributed by atoms with van der Waals surface area (Å²) < 4.78 is 15.2. The molecular formula is C17H22O6. The summed E-state index contributed by atoms with van der Waals surface area (Å²) in [6.07, 6.45) is 0.420. The number of rotatable bonds is 8. The zero-order chi connectivity index (χ0) is 17.3.